The van der Waals surface area contributed by atoms with Crippen LogP contribution in [0, 0.1) is 0 Å². The maximum atomic E-state index is 12.4. The number of amides is 2. The van der Waals surface area contributed by atoms with Gasteiger partial charge in [0.1, 0.15) is 13.2 Å². The maximum Gasteiger partial charge on any atom is 0.337 e. The van der Waals surface area contributed by atoms with Crippen molar-refractivity contribution in [2.75, 3.05) is 27.4 Å². The molecule has 1 aliphatic heterocycles. The fraction of sp³-hybridized carbons (Fsp3) is 0.281. The van der Waals surface area contributed by atoms with Gasteiger partial charge >= 0.3 is 12.0 Å². The minimum Gasteiger partial charge on any atom is -0.493 e. The first-order valence-corrected chi connectivity index (χ1v) is 14.9. The summed E-state index contributed by atoms with van der Waals surface area (Å²) in [5.41, 5.74) is 5.38. The molecule has 2 atom stereocenters. The van der Waals surface area contributed by atoms with Gasteiger partial charge in [0.25, 0.3) is 0 Å². The number of aliphatic hydroxyl groups excluding tert-OH is 1. The lowest BCUT2D eigenvalue weighted by Crippen LogP contribution is -2.45. The number of aliphatic hydroxyl groups is 1. The van der Waals surface area contributed by atoms with E-state index in [-0.39, 0.29) is 18.8 Å². The fourth-order valence-corrected chi connectivity index (χ4v) is 4.81. The molecule has 46 heavy (non-hydrogen) atoms. The van der Waals surface area contributed by atoms with Crippen molar-refractivity contribution in [1.29, 1.82) is 0 Å². The number of nitrogens with zero attached hydrogens (tertiary/aromatic N) is 1. The molecule has 14 heteroatoms. The number of benzene rings is 3. The second-order valence-electron chi connectivity index (χ2n) is 9.86. The number of nitrogens with one attached hydrogen (secondary N) is 3. The summed E-state index contributed by atoms with van der Waals surface area (Å²) in [4.78, 5) is 24.6. The Morgan fingerprint density at radius 2 is 1.76 bits per heavy atom. The van der Waals surface area contributed by atoms with Crippen molar-refractivity contribution < 1.29 is 38.4 Å². The second-order valence-corrected chi connectivity index (χ2v) is 10.7. The molecule has 1 aliphatic rings. The Bertz CT molecular complexity index is 1630. The molecule has 0 aliphatic carbocycles. The van der Waals surface area contributed by atoms with Gasteiger partial charge in [0.15, 0.2) is 29.2 Å². The van der Waals surface area contributed by atoms with Crippen LogP contribution in [0.15, 0.2) is 71.0 Å². The Morgan fingerprint density at radius 1 is 1.00 bits per heavy atom. The highest BCUT2D eigenvalue weighted by atomic mass is 35.5. The lowest BCUT2D eigenvalue weighted by atomic mass is 9.95. The highest BCUT2D eigenvalue weighted by Gasteiger charge is 2.32. The van der Waals surface area contributed by atoms with Gasteiger partial charge < -0.3 is 39.4 Å². The number of carbonyl (C=O) groups excluding carboxylic acids is 2. The number of allylic oxidation sites excluding steroid dienone is 1. The number of carbonyl (C=O) groups is 2. The van der Waals surface area contributed by atoms with E-state index >= 15 is 0 Å². The van der Waals surface area contributed by atoms with Gasteiger partial charge in [0.2, 0.25) is 0 Å². The van der Waals surface area contributed by atoms with Crippen molar-refractivity contribution >= 4 is 41.4 Å². The standard InChI is InChI=1S/C32H34Cl2N4O8/c1-5-44-27-14-21(30-29(31(40)43-4)18(2)36-32(41)37-30)8-11-25(27)46-17-28(39)38-35-15-19-7-10-24(26(13-19)42-3)45-16-20-6-9-22(33)23(34)12-20/h6-15,28,30,38-39H,5,16-17H2,1-4H3,(H2,36,37,41)/b35-15-/t28-,30-/m0/s1. The smallest absolute Gasteiger partial charge is 0.337 e. The summed E-state index contributed by atoms with van der Waals surface area (Å²) >= 11 is 12.1. The van der Waals surface area contributed by atoms with Gasteiger partial charge in [0, 0.05) is 5.70 Å². The summed E-state index contributed by atoms with van der Waals surface area (Å²) in [6, 6.07) is 14.3. The van der Waals surface area contributed by atoms with E-state index in [9.17, 15) is 14.7 Å². The van der Waals surface area contributed by atoms with Crippen LogP contribution in [0.3, 0.4) is 0 Å². The predicted octanol–water partition coefficient (Wildman–Crippen LogP) is 5.10. The van der Waals surface area contributed by atoms with Crippen LogP contribution in [0.25, 0.3) is 0 Å². The molecule has 4 rings (SSSR count). The number of hydrogen-bond acceptors (Lipinski definition) is 10. The van der Waals surface area contributed by atoms with Crippen LogP contribution in [0.5, 0.6) is 23.0 Å². The monoisotopic (exact) mass is 672 g/mol. The number of hydrazone groups is 1. The summed E-state index contributed by atoms with van der Waals surface area (Å²) < 4.78 is 27.8. The molecule has 1 heterocycles. The molecule has 0 saturated carbocycles. The minimum atomic E-state index is -1.17. The van der Waals surface area contributed by atoms with Gasteiger partial charge in [-0.3, -0.25) is 5.43 Å². The normalized spacial score (nSPS) is 15.1. The molecule has 0 spiro atoms. The number of halogens is 2. The number of hydrogen-bond donors (Lipinski definition) is 4. The first kappa shape index (κ1) is 34.2. The molecule has 244 valence electrons. The Balaban J connectivity index is 1.36. The molecule has 12 nitrogen and oxygen atoms in total. The molecule has 0 bridgehead atoms. The summed E-state index contributed by atoms with van der Waals surface area (Å²) in [7, 11) is 2.80. The number of ether oxygens (including phenoxy) is 5. The first-order valence-electron chi connectivity index (χ1n) is 14.1. The number of urea groups is 1. The molecule has 0 aromatic heterocycles. The van der Waals surface area contributed by atoms with Crippen molar-refractivity contribution in [2.45, 2.75) is 32.7 Å². The molecule has 3 aromatic carbocycles. The minimum absolute atomic E-state index is 0.169. The van der Waals surface area contributed by atoms with Crippen LogP contribution < -0.4 is 35.0 Å². The van der Waals surface area contributed by atoms with Gasteiger partial charge in [0.05, 0.1) is 48.7 Å². The Morgan fingerprint density at radius 3 is 2.48 bits per heavy atom. The molecule has 0 fully saturated rings. The van der Waals surface area contributed by atoms with Crippen molar-refractivity contribution in [3.63, 3.8) is 0 Å². The van der Waals surface area contributed by atoms with E-state index in [1.165, 1.54) is 20.4 Å². The van der Waals surface area contributed by atoms with Gasteiger partial charge in [-0.15, -0.1) is 0 Å². The van der Waals surface area contributed by atoms with Crippen molar-refractivity contribution in [3.8, 4) is 23.0 Å². The molecular weight excluding hydrogens is 639 g/mol. The lowest BCUT2D eigenvalue weighted by molar-refractivity contribution is -0.136. The third kappa shape index (κ3) is 8.75. The highest BCUT2D eigenvalue weighted by molar-refractivity contribution is 6.42. The Hall–Kier alpha value is -4.65. The zero-order valence-electron chi connectivity index (χ0n) is 25.6. The Kier molecular flexibility index (Phi) is 12.0. The van der Waals surface area contributed by atoms with E-state index in [0.717, 1.165) is 5.56 Å². The molecular formula is C32H34Cl2N4O8. The lowest BCUT2D eigenvalue weighted by Gasteiger charge is -2.28. The average molecular weight is 674 g/mol. The quantitative estimate of drug-likeness (QED) is 0.0794. The summed E-state index contributed by atoms with van der Waals surface area (Å²) in [6.45, 7) is 3.85. The molecule has 4 N–H and O–H groups in total. The molecule has 0 unspecified atom stereocenters. The number of rotatable bonds is 14. The van der Waals surface area contributed by atoms with E-state index < -0.39 is 24.3 Å². The molecule has 3 aromatic rings. The average Bonchev–Trinajstić information content (AvgIpc) is 3.04. The molecule has 2 amide bonds. The van der Waals surface area contributed by atoms with Crippen LogP contribution >= 0.6 is 23.2 Å². The second kappa shape index (κ2) is 16.1. The van der Waals surface area contributed by atoms with E-state index in [1.54, 1.807) is 62.4 Å². The highest BCUT2D eigenvalue weighted by Crippen LogP contribution is 2.35. The number of esters is 1. The van der Waals surface area contributed by atoms with Crippen LogP contribution in [0.2, 0.25) is 10.0 Å². The third-order valence-corrected chi connectivity index (χ3v) is 7.41. The van der Waals surface area contributed by atoms with E-state index in [0.29, 0.717) is 56.5 Å². The number of methoxy groups -OCH3 is 2. The SMILES string of the molecule is CCOc1cc([C@@H]2NC(=O)NC(C)=C2C(=O)OC)ccc1OC[C@H](O)N/N=C\c1ccc(OCc2ccc(Cl)c(Cl)c2)c(OC)c1. The van der Waals surface area contributed by atoms with E-state index in [4.69, 9.17) is 46.9 Å². The van der Waals surface area contributed by atoms with Crippen LogP contribution in [-0.4, -0.2) is 57.0 Å². The predicted molar refractivity (Wildman–Crippen MR) is 173 cm³/mol. The van der Waals surface area contributed by atoms with Crippen molar-refractivity contribution in [2.24, 2.45) is 5.10 Å². The first-order chi connectivity index (χ1) is 22.1. The van der Waals surface area contributed by atoms with Gasteiger partial charge in [-0.05, 0) is 73.0 Å². The molecule has 0 radical (unpaired) electrons. The third-order valence-electron chi connectivity index (χ3n) is 6.68. The van der Waals surface area contributed by atoms with Crippen molar-refractivity contribution in [3.05, 3.63) is 92.6 Å². The Labute approximate surface area is 276 Å². The van der Waals surface area contributed by atoms with Crippen LogP contribution in [0.4, 0.5) is 4.79 Å². The zero-order chi connectivity index (χ0) is 33.2. The molecule has 0 saturated heterocycles. The topological polar surface area (TPSA) is 149 Å². The van der Waals surface area contributed by atoms with E-state index in [2.05, 4.69) is 21.2 Å². The van der Waals surface area contributed by atoms with Crippen molar-refractivity contribution in [1.82, 2.24) is 16.1 Å². The maximum absolute atomic E-state index is 12.4. The van der Waals surface area contributed by atoms with E-state index in [1.807, 2.05) is 6.07 Å². The van der Waals surface area contributed by atoms with Crippen LogP contribution in [0.1, 0.15) is 36.6 Å². The zero-order valence-corrected chi connectivity index (χ0v) is 27.1. The van der Waals surface area contributed by atoms with Gasteiger partial charge in [-0.2, -0.15) is 5.10 Å². The largest absolute Gasteiger partial charge is 0.493 e. The summed E-state index contributed by atoms with van der Waals surface area (Å²) in [6.07, 6.45) is 0.345. The van der Waals surface area contributed by atoms with Gasteiger partial charge in [-0.25, -0.2) is 9.59 Å². The summed E-state index contributed by atoms with van der Waals surface area (Å²) in [5, 5.41) is 20.8. The van der Waals surface area contributed by atoms with Crippen LogP contribution in [-0.2, 0) is 16.1 Å². The van der Waals surface area contributed by atoms with Gasteiger partial charge in [-0.1, -0.05) is 35.3 Å². The summed E-state index contributed by atoms with van der Waals surface area (Å²) in [5.74, 6) is 1.15. The fourth-order valence-electron chi connectivity index (χ4n) is 4.49.